The van der Waals surface area contributed by atoms with Crippen molar-refractivity contribution in [3.63, 3.8) is 0 Å². The van der Waals surface area contributed by atoms with Gasteiger partial charge in [-0.25, -0.2) is 0 Å². The zero-order chi connectivity index (χ0) is 14.3. The van der Waals surface area contributed by atoms with E-state index in [4.69, 9.17) is 22.1 Å². The lowest BCUT2D eigenvalue weighted by Gasteiger charge is -2.24. The van der Waals surface area contributed by atoms with Crippen LogP contribution in [0.1, 0.15) is 20.3 Å². The van der Waals surface area contributed by atoms with Gasteiger partial charge >= 0.3 is 0 Å². The first-order chi connectivity index (χ1) is 8.99. The number of hydrogen-bond acceptors (Lipinski definition) is 3. The minimum Gasteiger partial charge on any atom is -0.494 e. The van der Waals surface area contributed by atoms with E-state index in [9.17, 15) is 4.79 Å². The average molecular weight is 285 g/mol. The van der Waals surface area contributed by atoms with Crippen LogP contribution in [0, 0.1) is 0 Å². The summed E-state index contributed by atoms with van der Waals surface area (Å²) in [5.41, 5.74) is 5.22. The van der Waals surface area contributed by atoms with Crippen molar-refractivity contribution in [1.82, 2.24) is 4.90 Å². The third-order valence-corrected chi connectivity index (χ3v) is 3.01. The molecular weight excluding hydrogens is 264 g/mol. The molecule has 0 unspecified atom stereocenters. The van der Waals surface area contributed by atoms with E-state index in [0.717, 1.165) is 18.7 Å². The summed E-state index contributed by atoms with van der Waals surface area (Å²) in [6, 6.07) is 7.57. The van der Waals surface area contributed by atoms with Crippen LogP contribution in [-0.2, 0) is 4.79 Å². The molecule has 0 bridgehead atoms. The second-order valence-electron chi connectivity index (χ2n) is 4.69. The highest BCUT2D eigenvalue weighted by Crippen LogP contribution is 2.15. The standard InChI is InChI=1S/C14H21ClN2O2/c1-11(2)17(10-14(16)18)8-3-9-19-13-6-4-12(15)5-7-13/h4-7,11H,3,8-10H2,1-2H3,(H2,16,18). The van der Waals surface area contributed by atoms with Gasteiger partial charge in [-0.2, -0.15) is 0 Å². The van der Waals surface area contributed by atoms with Crippen LogP contribution >= 0.6 is 11.6 Å². The number of rotatable bonds is 8. The highest BCUT2D eigenvalue weighted by Gasteiger charge is 2.11. The Labute approximate surface area is 119 Å². The second kappa shape index (κ2) is 8.02. The molecule has 0 aliphatic rings. The fourth-order valence-electron chi connectivity index (χ4n) is 1.71. The number of nitrogens with zero attached hydrogens (tertiary/aromatic N) is 1. The molecule has 0 saturated heterocycles. The molecule has 2 N–H and O–H groups in total. The summed E-state index contributed by atoms with van der Waals surface area (Å²) < 4.78 is 5.59. The molecule has 1 aromatic carbocycles. The molecule has 0 atom stereocenters. The minimum absolute atomic E-state index is 0.290. The van der Waals surface area contributed by atoms with Crippen LogP contribution in [0.15, 0.2) is 24.3 Å². The molecule has 5 heteroatoms. The molecule has 0 fully saturated rings. The van der Waals surface area contributed by atoms with Crippen LogP contribution in [0.2, 0.25) is 5.02 Å². The van der Waals surface area contributed by atoms with Crippen LogP contribution in [-0.4, -0.2) is 36.5 Å². The number of nitrogens with two attached hydrogens (primary N) is 1. The summed E-state index contributed by atoms with van der Waals surface area (Å²) in [6.45, 7) is 5.77. The van der Waals surface area contributed by atoms with Crippen molar-refractivity contribution in [3.05, 3.63) is 29.3 Å². The summed E-state index contributed by atoms with van der Waals surface area (Å²) in [7, 11) is 0. The number of ether oxygens (including phenoxy) is 1. The summed E-state index contributed by atoms with van der Waals surface area (Å²) >= 11 is 5.79. The normalized spacial score (nSPS) is 11.0. The topological polar surface area (TPSA) is 55.6 Å². The Morgan fingerprint density at radius 3 is 2.53 bits per heavy atom. The molecule has 0 spiro atoms. The smallest absolute Gasteiger partial charge is 0.231 e. The largest absolute Gasteiger partial charge is 0.494 e. The fraction of sp³-hybridized carbons (Fsp3) is 0.500. The third kappa shape index (κ3) is 6.45. The highest BCUT2D eigenvalue weighted by atomic mass is 35.5. The van der Waals surface area contributed by atoms with E-state index in [1.165, 1.54) is 0 Å². The molecule has 19 heavy (non-hydrogen) atoms. The van der Waals surface area contributed by atoms with E-state index in [2.05, 4.69) is 0 Å². The SMILES string of the molecule is CC(C)N(CCCOc1ccc(Cl)cc1)CC(N)=O. The van der Waals surface area contributed by atoms with Gasteiger partial charge in [0.25, 0.3) is 0 Å². The minimum atomic E-state index is -0.299. The lowest BCUT2D eigenvalue weighted by Crippen LogP contribution is -2.39. The summed E-state index contributed by atoms with van der Waals surface area (Å²) in [6.07, 6.45) is 0.841. The molecule has 0 aromatic heterocycles. The van der Waals surface area contributed by atoms with Crippen LogP contribution in [0.25, 0.3) is 0 Å². The Balaban J connectivity index is 2.28. The van der Waals surface area contributed by atoms with E-state index >= 15 is 0 Å². The molecule has 106 valence electrons. The lowest BCUT2D eigenvalue weighted by atomic mass is 10.3. The first kappa shape index (κ1) is 15.8. The Kier molecular flexibility index (Phi) is 6.67. The van der Waals surface area contributed by atoms with Gasteiger partial charge in [-0.05, 0) is 44.5 Å². The summed E-state index contributed by atoms with van der Waals surface area (Å²) in [5, 5.41) is 0.694. The van der Waals surface area contributed by atoms with Gasteiger partial charge in [0.1, 0.15) is 5.75 Å². The highest BCUT2D eigenvalue weighted by molar-refractivity contribution is 6.30. The van der Waals surface area contributed by atoms with Crippen molar-refractivity contribution in [2.45, 2.75) is 26.3 Å². The zero-order valence-corrected chi connectivity index (χ0v) is 12.2. The molecule has 1 amide bonds. The number of carbonyl (C=O) groups excluding carboxylic acids is 1. The van der Waals surface area contributed by atoms with Crippen LogP contribution in [0.5, 0.6) is 5.75 Å². The number of benzene rings is 1. The molecule has 0 aliphatic carbocycles. The van der Waals surface area contributed by atoms with E-state index in [-0.39, 0.29) is 5.91 Å². The fourth-order valence-corrected chi connectivity index (χ4v) is 1.83. The van der Waals surface area contributed by atoms with E-state index in [1.54, 1.807) is 12.1 Å². The van der Waals surface area contributed by atoms with Crippen molar-refractivity contribution in [1.29, 1.82) is 0 Å². The van der Waals surface area contributed by atoms with E-state index in [1.807, 2.05) is 30.9 Å². The predicted molar refractivity (Wildman–Crippen MR) is 77.5 cm³/mol. The van der Waals surface area contributed by atoms with Crippen LogP contribution in [0.3, 0.4) is 0 Å². The first-order valence-electron chi connectivity index (χ1n) is 6.39. The quantitative estimate of drug-likeness (QED) is 0.745. The molecule has 1 aromatic rings. The molecule has 0 saturated carbocycles. The van der Waals surface area contributed by atoms with E-state index < -0.39 is 0 Å². The van der Waals surface area contributed by atoms with E-state index in [0.29, 0.717) is 24.2 Å². The van der Waals surface area contributed by atoms with Crippen molar-refractivity contribution in [2.24, 2.45) is 5.73 Å². The Morgan fingerprint density at radius 2 is 2.00 bits per heavy atom. The monoisotopic (exact) mass is 284 g/mol. The molecule has 1 rings (SSSR count). The van der Waals surface area contributed by atoms with Gasteiger partial charge in [0, 0.05) is 17.6 Å². The third-order valence-electron chi connectivity index (χ3n) is 2.76. The van der Waals surface area contributed by atoms with Crippen LogP contribution < -0.4 is 10.5 Å². The van der Waals surface area contributed by atoms with Crippen LogP contribution in [0.4, 0.5) is 0 Å². The predicted octanol–water partition coefficient (Wildman–Crippen LogP) is 2.30. The Hall–Kier alpha value is -1.26. The molecule has 0 aliphatic heterocycles. The van der Waals surface area contributed by atoms with Crippen molar-refractivity contribution < 1.29 is 9.53 Å². The summed E-state index contributed by atoms with van der Waals surface area (Å²) in [5.74, 6) is 0.503. The maximum atomic E-state index is 10.9. The number of halogens is 1. The first-order valence-corrected chi connectivity index (χ1v) is 6.77. The zero-order valence-electron chi connectivity index (χ0n) is 11.4. The number of hydrogen-bond donors (Lipinski definition) is 1. The molecule has 0 heterocycles. The number of primary amides is 1. The van der Waals surface area contributed by atoms with Gasteiger partial charge in [0.05, 0.1) is 13.2 Å². The Morgan fingerprint density at radius 1 is 1.37 bits per heavy atom. The van der Waals surface area contributed by atoms with Gasteiger partial charge in [-0.15, -0.1) is 0 Å². The maximum Gasteiger partial charge on any atom is 0.231 e. The van der Waals surface area contributed by atoms with Gasteiger partial charge in [-0.3, -0.25) is 9.69 Å². The average Bonchev–Trinajstić information content (AvgIpc) is 2.34. The van der Waals surface area contributed by atoms with Gasteiger partial charge in [0.15, 0.2) is 0 Å². The summed E-state index contributed by atoms with van der Waals surface area (Å²) in [4.78, 5) is 13.0. The van der Waals surface area contributed by atoms with Crippen molar-refractivity contribution in [3.8, 4) is 5.75 Å². The van der Waals surface area contributed by atoms with Crippen molar-refractivity contribution >= 4 is 17.5 Å². The van der Waals surface area contributed by atoms with Gasteiger partial charge in [0.2, 0.25) is 5.91 Å². The lowest BCUT2D eigenvalue weighted by molar-refractivity contribution is -0.119. The Bertz CT molecular complexity index is 393. The van der Waals surface area contributed by atoms with Gasteiger partial charge < -0.3 is 10.5 Å². The maximum absolute atomic E-state index is 10.9. The number of carbonyl (C=O) groups is 1. The molecular formula is C14H21ClN2O2. The van der Waals surface area contributed by atoms with Gasteiger partial charge in [-0.1, -0.05) is 11.6 Å². The number of amides is 1. The van der Waals surface area contributed by atoms with Crippen molar-refractivity contribution in [2.75, 3.05) is 19.7 Å². The molecule has 4 nitrogen and oxygen atoms in total. The molecule has 0 radical (unpaired) electrons. The second-order valence-corrected chi connectivity index (χ2v) is 5.12.